The number of hydrogen-bond donors (Lipinski definition) is 2. The summed E-state index contributed by atoms with van der Waals surface area (Å²) in [4.78, 5) is 21.4. The van der Waals surface area contributed by atoms with Gasteiger partial charge in [0.05, 0.1) is 44.3 Å². The van der Waals surface area contributed by atoms with Gasteiger partial charge in [-0.25, -0.2) is 18.7 Å². The molecule has 0 bridgehead atoms. The summed E-state index contributed by atoms with van der Waals surface area (Å²) in [5.74, 6) is -0.817. The van der Waals surface area contributed by atoms with Crippen molar-refractivity contribution in [2.75, 3.05) is 49.2 Å². The number of hydrogen-bond acceptors (Lipinski definition) is 11. The molecule has 6 heterocycles. The van der Waals surface area contributed by atoms with E-state index >= 15 is 4.39 Å². The van der Waals surface area contributed by atoms with Crippen LogP contribution in [-0.4, -0.2) is 69.4 Å². The molecule has 5 aromatic rings. The fourth-order valence-corrected chi connectivity index (χ4v) is 8.76. The minimum absolute atomic E-state index is 0.00496. The van der Waals surface area contributed by atoms with Gasteiger partial charge in [0.25, 0.3) is 0 Å². The van der Waals surface area contributed by atoms with Crippen molar-refractivity contribution in [1.82, 2.24) is 24.8 Å². The van der Waals surface area contributed by atoms with Crippen LogP contribution < -0.4 is 25.8 Å². The second-order valence-electron chi connectivity index (χ2n) is 12.8. The molecule has 0 saturated carbocycles. The van der Waals surface area contributed by atoms with Gasteiger partial charge in [0.2, 0.25) is 0 Å². The quantitative estimate of drug-likeness (QED) is 0.173. The third-order valence-electron chi connectivity index (χ3n) is 9.95. The van der Waals surface area contributed by atoms with Crippen LogP contribution in [0.5, 0.6) is 11.8 Å². The molecule has 8 rings (SSSR count). The van der Waals surface area contributed by atoms with Crippen molar-refractivity contribution in [2.45, 2.75) is 50.1 Å². The van der Waals surface area contributed by atoms with E-state index in [2.05, 4.69) is 19.9 Å². The summed E-state index contributed by atoms with van der Waals surface area (Å²) in [5.41, 5.74) is 9.34. The fourth-order valence-electron chi connectivity index (χ4n) is 7.69. The highest BCUT2D eigenvalue weighted by atomic mass is 35.5. The first-order valence-electron chi connectivity index (χ1n) is 16.0. The summed E-state index contributed by atoms with van der Waals surface area (Å²) in [6.45, 7) is 3.08. The van der Waals surface area contributed by atoms with Crippen LogP contribution in [0.25, 0.3) is 32.2 Å². The maximum absolute atomic E-state index is 17.3. The molecule has 3 atom stereocenters. The zero-order valence-electron chi connectivity index (χ0n) is 26.5. The maximum Gasteiger partial charge on any atom is 0.417 e. The van der Waals surface area contributed by atoms with Crippen LogP contribution in [0.15, 0.2) is 30.5 Å². The standard InChI is InChI=1S/C33H30ClF5N8O2S/c1-15(17-4-2-8-42-28(17)40)47-10-11-48-27-22-26(44-31(45-29(22)47)49-14-32-7-3-9-46(32)13-16(35)12-32)24(36)21(23(27)34)20-18(33(37,38)39)5-6-19-25(20)43-30(41)50-19/h2,4-6,8,15-16H,3,7,9-14H2,1H3,(H2,40,42)(H2,41,43)/t15-,16-,32+/m1/s1. The zero-order chi connectivity index (χ0) is 35.1. The lowest BCUT2D eigenvalue weighted by Crippen LogP contribution is -2.43. The Morgan fingerprint density at radius 1 is 1.14 bits per heavy atom. The van der Waals surface area contributed by atoms with Gasteiger partial charge < -0.3 is 25.8 Å². The molecule has 2 aromatic carbocycles. The SMILES string of the molecule is C[C@H](c1cccnc1N)N1CCOc2c(Cl)c(-c3c(C(F)(F)F)ccc4sc(N)nc34)c(F)c3nc(OC[C@@]45CCCN4C[C@H](F)C5)nc1c23. The lowest BCUT2D eigenvalue weighted by atomic mass is 9.95. The van der Waals surface area contributed by atoms with Crippen molar-refractivity contribution in [2.24, 2.45) is 0 Å². The van der Waals surface area contributed by atoms with Gasteiger partial charge in [-0.2, -0.15) is 23.1 Å². The first-order valence-corrected chi connectivity index (χ1v) is 17.2. The molecule has 0 radical (unpaired) electrons. The topological polar surface area (TPSA) is 129 Å². The number of halogens is 6. The third kappa shape index (κ3) is 5.21. The predicted molar refractivity (Wildman–Crippen MR) is 181 cm³/mol. The van der Waals surface area contributed by atoms with E-state index in [0.29, 0.717) is 16.7 Å². The predicted octanol–water partition coefficient (Wildman–Crippen LogP) is 7.19. The van der Waals surface area contributed by atoms with Crippen molar-refractivity contribution < 1.29 is 31.4 Å². The number of aromatic nitrogens is 4. The molecule has 50 heavy (non-hydrogen) atoms. The van der Waals surface area contributed by atoms with Crippen LogP contribution in [0.3, 0.4) is 0 Å². The Balaban J connectivity index is 1.37. The molecule has 17 heteroatoms. The number of alkyl halides is 4. The molecule has 3 aliphatic heterocycles. The minimum atomic E-state index is -4.91. The first kappa shape index (κ1) is 32.9. The van der Waals surface area contributed by atoms with Crippen LogP contribution in [0, 0.1) is 5.82 Å². The maximum atomic E-state index is 17.3. The number of thiazole rings is 1. The van der Waals surface area contributed by atoms with Gasteiger partial charge in [0.15, 0.2) is 16.7 Å². The zero-order valence-corrected chi connectivity index (χ0v) is 28.1. The van der Waals surface area contributed by atoms with Crippen molar-refractivity contribution in [3.05, 3.63) is 52.4 Å². The smallest absolute Gasteiger partial charge is 0.417 e. The van der Waals surface area contributed by atoms with Crippen LogP contribution in [0.1, 0.15) is 43.4 Å². The van der Waals surface area contributed by atoms with Crippen molar-refractivity contribution in [3.8, 4) is 22.9 Å². The van der Waals surface area contributed by atoms with Gasteiger partial charge in [-0.1, -0.05) is 29.0 Å². The van der Waals surface area contributed by atoms with Crippen LogP contribution in [-0.2, 0) is 6.18 Å². The molecule has 10 nitrogen and oxygen atoms in total. The first-order chi connectivity index (χ1) is 23.9. The van der Waals surface area contributed by atoms with E-state index in [4.69, 9.17) is 37.5 Å². The van der Waals surface area contributed by atoms with Crippen LogP contribution >= 0.6 is 22.9 Å². The number of anilines is 3. The van der Waals surface area contributed by atoms with E-state index in [1.807, 2.05) is 11.8 Å². The number of nitrogens with zero attached hydrogens (tertiary/aromatic N) is 6. The summed E-state index contributed by atoms with van der Waals surface area (Å²) in [7, 11) is 0. The summed E-state index contributed by atoms with van der Waals surface area (Å²) in [5, 5.41) is -0.372. The Labute approximate surface area is 291 Å². The molecule has 4 N–H and O–H groups in total. The Bertz CT molecular complexity index is 2170. The van der Waals surface area contributed by atoms with Gasteiger partial charge in [0, 0.05) is 35.9 Å². The average molecular weight is 733 g/mol. The van der Waals surface area contributed by atoms with Gasteiger partial charge in [-0.15, -0.1) is 0 Å². The van der Waals surface area contributed by atoms with E-state index in [-0.39, 0.29) is 77.7 Å². The van der Waals surface area contributed by atoms with Crippen molar-refractivity contribution in [3.63, 3.8) is 0 Å². The number of rotatable bonds is 6. The van der Waals surface area contributed by atoms with Crippen LogP contribution in [0.2, 0.25) is 5.02 Å². The molecular formula is C33H30ClF5N8O2S. The molecular weight excluding hydrogens is 703 g/mol. The molecule has 262 valence electrons. The van der Waals surface area contributed by atoms with Crippen LogP contribution in [0.4, 0.5) is 38.7 Å². The molecule has 0 unspecified atom stereocenters. The van der Waals surface area contributed by atoms with Crippen molar-refractivity contribution >= 4 is 60.8 Å². The van der Waals surface area contributed by atoms with E-state index in [1.54, 1.807) is 18.3 Å². The molecule has 3 aromatic heterocycles. The molecule has 0 aliphatic carbocycles. The van der Waals surface area contributed by atoms with Gasteiger partial charge >= 0.3 is 12.2 Å². The van der Waals surface area contributed by atoms with Gasteiger partial charge in [0.1, 0.15) is 36.5 Å². The molecule has 2 fully saturated rings. The summed E-state index contributed by atoms with van der Waals surface area (Å²) < 4.78 is 88.3. The highest BCUT2D eigenvalue weighted by Crippen LogP contribution is 2.52. The normalized spacial score (nSPS) is 21.4. The average Bonchev–Trinajstić information content (AvgIpc) is 3.68. The number of ether oxygens (including phenoxy) is 2. The van der Waals surface area contributed by atoms with Gasteiger partial charge in [-0.3, -0.25) is 4.90 Å². The highest BCUT2D eigenvalue weighted by molar-refractivity contribution is 7.22. The molecule has 2 saturated heterocycles. The third-order valence-corrected chi connectivity index (χ3v) is 11.2. The largest absolute Gasteiger partial charge is 0.489 e. The highest BCUT2D eigenvalue weighted by Gasteiger charge is 2.49. The number of benzene rings is 2. The minimum Gasteiger partial charge on any atom is -0.489 e. The molecule has 0 spiro atoms. The summed E-state index contributed by atoms with van der Waals surface area (Å²) in [6.07, 6.45) is -2.54. The Kier molecular flexibility index (Phi) is 7.84. The fraction of sp³-hybridized carbons (Fsp3) is 0.394. The summed E-state index contributed by atoms with van der Waals surface area (Å²) >= 11 is 7.86. The monoisotopic (exact) mass is 732 g/mol. The Hall–Kier alpha value is -4.28. The van der Waals surface area contributed by atoms with Gasteiger partial charge in [-0.05, 0) is 44.5 Å². The summed E-state index contributed by atoms with van der Waals surface area (Å²) in [6, 6.07) is 4.89. The Morgan fingerprint density at radius 3 is 2.74 bits per heavy atom. The molecule has 3 aliphatic rings. The lowest BCUT2D eigenvalue weighted by molar-refractivity contribution is -0.137. The molecule has 0 amide bonds. The lowest BCUT2D eigenvalue weighted by Gasteiger charge is -2.32. The van der Waals surface area contributed by atoms with E-state index in [1.165, 1.54) is 6.07 Å². The Morgan fingerprint density at radius 2 is 1.96 bits per heavy atom. The second-order valence-corrected chi connectivity index (χ2v) is 14.3. The van der Waals surface area contributed by atoms with Crippen molar-refractivity contribution in [1.29, 1.82) is 0 Å². The number of fused-ring (bicyclic) bond motifs is 2. The number of pyridine rings is 1. The van der Waals surface area contributed by atoms with E-state index < -0.39 is 51.5 Å². The number of nitrogens with two attached hydrogens (primary N) is 2. The second kappa shape index (κ2) is 11.9. The van der Waals surface area contributed by atoms with E-state index in [0.717, 1.165) is 30.4 Å². The number of nitrogen functional groups attached to an aromatic ring is 2. The van der Waals surface area contributed by atoms with E-state index in [9.17, 15) is 17.6 Å².